The molecule has 1 atom stereocenters. The van der Waals surface area contributed by atoms with Gasteiger partial charge in [0.25, 0.3) is 0 Å². The fourth-order valence-corrected chi connectivity index (χ4v) is 1.25. The van der Waals surface area contributed by atoms with Crippen LogP contribution in [0.2, 0.25) is 0 Å². The van der Waals surface area contributed by atoms with E-state index in [-0.39, 0.29) is 18.8 Å². The largest absolute Gasteiger partial charge is 0.476 e. The van der Waals surface area contributed by atoms with E-state index in [2.05, 4.69) is 10.3 Å². The number of hydrogen-bond acceptors (Lipinski definition) is 5. The molecule has 0 aromatic carbocycles. The number of rotatable bonds is 5. The van der Waals surface area contributed by atoms with Crippen molar-refractivity contribution in [2.75, 3.05) is 13.7 Å². The molecule has 7 nitrogen and oxygen atoms in total. The first-order valence-electron chi connectivity index (χ1n) is 4.42. The molecule has 2 N–H and O–H groups in total. The van der Waals surface area contributed by atoms with Crippen molar-refractivity contribution in [3.63, 3.8) is 0 Å². The van der Waals surface area contributed by atoms with E-state index in [0.717, 1.165) is 0 Å². The van der Waals surface area contributed by atoms with Gasteiger partial charge in [-0.1, -0.05) is 5.21 Å². The zero-order valence-electron chi connectivity index (χ0n) is 8.54. The smallest absolute Gasteiger partial charge is 0.358 e. The molecule has 0 aliphatic carbocycles. The summed E-state index contributed by atoms with van der Waals surface area (Å²) in [7, 11) is 1.46. The van der Waals surface area contributed by atoms with E-state index in [1.54, 1.807) is 6.92 Å². The van der Waals surface area contributed by atoms with Crippen LogP contribution in [0.3, 0.4) is 0 Å². The average Bonchev–Trinajstić information content (AvgIpc) is 2.61. The van der Waals surface area contributed by atoms with E-state index in [1.165, 1.54) is 11.8 Å². The van der Waals surface area contributed by atoms with Gasteiger partial charge >= 0.3 is 5.97 Å². The highest BCUT2D eigenvalue weighted by Gasteiger charge is 2.23. The summed E-state index contributed by atoms with van der Waals surface area (Å²) in [6.45, 7) is 1.76. The van der Waals surface area contributed by atoms with Crippen molar-refractivity contribution >= 4 is 5.97 Å². The maximum absolute atomic E-state index is 10.8. The Balaban J connectivity index is 3.13. The van der Waals surface area contributed by atoms with Crippen molar-refractivity contribution in [1.29, 1.82) is 0 Å². The van der Waals surface area contributed by atoms with Gasteiger partial charge in [-0.25, -0.2) is 9.48 Å². The predicted octanol–water partition coefficient (Wildman–Crippen LogP) is -0.324. The van der Waals surface area contributed by atoms with Crippen LogP contribution in [-0.4, -0.2) is 44.9 Å². The van der Waals surface area contributed by atoms with Crippen molar-refractivity contribution < 1.29 is 19.7 Å². The summed E-state index contributed by atoms with van der Waals surface area (Å²) in [4.78, 5) is 10.8. The summed E-state index contributed by atoms with van der Waals surface area (Å²) in [5.74, 6) is -1.15. The third kappa shape index (κ3) is 2.31. The van der Waals surface area contributed by atoms with Gasteiger partial charge in [-0.15, -0.1) is 5.10 Å². The maximum atomic E-state index is 10.8. The first-order valence-corrected chi connectivity index (χ1v) is 4.42. The first kappa shape index (κ1) is 11.6. The monoisotopic (exact) mass is 215 g/mol. The SMILES string of the molecule is COC(C)c1c(C(=O)O)nnn1CCO. The lowest BCUT2D eigenvalue weighted by Gasteiger charge is -2.11. The molecule has 84 valence electrons. The normalized spacial score (nSPS) is 12.7. The first-order chi connectivity index (χ1) is 7.11. The second kappa shape index (κ2) is 4.85. The molecule has 1 heterocycles. The third-order valence-corrected chi connectivity index (χ3v) is 2.03. The Hall–Kier alpha value is -1.47. The maximum Gasteiger partial charge on any atom is 0.358 e. The molecule has 1 unspecified atom stereocenters. The number of aromatic nitrogens is 3. The Morgan fingerprint density at radius 1 is 1.67 bits per heavy atom. The van der Waals surface area contributed by atoms with Gasteiger partial charge in [-0.05, 0) is 6.92 Å². The molecule has 0 radical (unpaired) electrons. The Bertz CT molecular complexity index is 350. The van der Waals surface area contributed by atoms with Gasteiger partial charge in [0.1, 0.15) is 5.69 Å². The van der Waals surface area contributed by atoms with E-state index in [0.29, 0.717) is 5.69 Å². The number of carboxylic acids is 1. The Morgan fingerprint density at radius 2 is 2.33 bits per heavy atom. The molecule has 0 aliphatic rings. The Kier molecular flexibility index (Phi) is 3.75. The van der Waals surface area contributed by atoms with Gasteiger partial charge in [-0.2, -0.15) is 0 Å². The number of aliphatic hydroxyl groups excluding tert-OH is 1. The van der Waals surface area contributed by atoms with Crippen molar-refractivity contribution in [3.8, 4) is 0 Å². The molecule has 0 bridgehead atoms. The minimum Gasteiger partial charge on any atom is -0.476 e. The molecule has 15 heavy (non-hydrogen) atoms. The van der Waals surface area contributed by atoms with Gasteiger partial charge < -0.3 is 14.9 Å². The average molecular weight is 215 g/mol. The Labute approximate surface area is 86.3 Å². The lowest BCUT2D eigenvalue weighted by atomic mass is 10.2. The second-order valence-corrected chi connectivity index (χ2v) is 2.95. The molecular formula is C8H13N3O4. The number of ether oxygens (including phenoxy) is 1. The van der Waals surface area contributed by atoms with Crippen molar-refractivity contribution in [1.82, 2.24) is 15.0 Å². The van der Waals surface area contributed by atoms with Gasteiger partial charge in [-0.3, -0.25) is 0 Å². The lowest BCUT2D eigenvalue weighted by Crippen LogP contribution is -2.14. The minimum atomic E-state index is -1.15. The highest BCUT2D eigenvalue weighted by atomic mass is 16.5. The molecule has 0 aliphatic heterocycles. The predicted molar refractivity (Wildman–Crippen MR) is 49.5 cm³/mol. The van der Waals surface area contributed by atoms with Crippen LogP contribution in [0.15, 0.2) is 0 Å². The molecular weight excluding hydrogens is 202 g/mol. The van der Waals surface area contributed by atoms with Crippen LogP contribution in [0.4, 0.5) is 0 Å². The summed E-state index contributed by atoms with van der Waals surface area (Å²) in [6, 6.07) is 0. The number of aliphatic hydroxyl groups is 1. The summed E-state index contributed by atoms with van der Waals surface area (Å²) >= 11 is 0. The number of methoxy groups -OCH3 is 1. The van der Waals surface area contributed by atoms with E-state index >= 15 is 0 Å². The third-order valence-electron chi connectivity index (χ3n) is 2.03. The van der Waals surface area contributed by atoms with Gasteiger partial charge in [0.2, 0.25) is 0 Å². The summed E-state index contributed by atoms with van der Waals surface area (Å²) in [5.41, 5.74) is 0.219. The zero-order valence-corrected chi connectivity index (χ0v) is 8.54. The van der Waals surface area contributed by atoms with E-state index in [1.807, 2.05) is 0 Å². The minimum absolute atomic E-state index is 0.133. The zero-order chi connectivity index (χ0) is 11.4. The van der Waals surface area contributed by atoms with Crippen LogP contribution >= 0.6 is 0 Å². The van der Waals surface area contributed by atoms with Crippen LogP contribution in [0.1, 0.15) is 29.2 Å². The second-order valence-electron chi connectivity index (χ2n) is 2.95. The number of carbonyl (C=O) groups is 1. The highest BCUT2D eigenvalue weighted by molar-refractivity contribution is 5.86. The summed E-state index contributed by atoms with van der Waals surface area (Å²) in [5, 5.41) is 24.8. The van der Waals surface area contributed by atoms with Crippen molar-refractivity contribution in [2.24, 2.45) is 0 Å². The quantitative estimate of drug-likeness (QED) is 0.698. The van der Waals surface area contributed by atoms with Crippen molar-refractivity contribution in [2.45, 2.75) is 19.6 Å². The van der Waals surface area contributed by atoms with Gasteiger partial charge in [0.15, 0.2) is 5.69 Å². The van der Waals surface area contributed by atoms with Crippen LogP contribution in [0.25, 0.3) is 0 Å². The van der Waals surface area contributed by atoms with E-state index in [4.69, 9.17) is 14.9 Å². The molecule has 0 saturated carbocycles. The van der Waals surface area contributed by atoms with Crippen LogP contribution in [0.5, 0.6) is 0 Å². The fraction of sp³-hybridized carbons (Fsp3) is 0.625. The van der Waals surface area contributed by atoms with Crippen LogP contribution in [0, 0.1) is 0 Å². The summed E-state index contributed by atoms with van der Waals surface area (Å²) < 4.78 is 6.36. The highest BCUT2D eigenvalue weighted by Crippen LogP contribution is 2.18. The van der Waals surface area contributed by atoms with Gasteiger partial charge in [0.05, 0.1) is 19.3 Å². The van der Waals surface area contributed by atoms with Crippen molar-refractivity contribution in [3.05, 3.63) is 11.4 Å². The van der Waals surface area contributed by atoms with E-state index < -0.39 is 12.1 Å². The molecule has 1 aromatic heterocycles. The number of carboxylic acid groups (broad SMARTS) is 1. The molecule has 0 spiro atoms. The lowest BCUT2D eigenvalue weighted by molar-refractivity contribution is 0.0673. The Morgan fingerprint density at radius 3 is 2.80 bits per heavy atom. The molecule has 0 saturated heterocycles. The number of hydrogen-bond donors (Lipinski definition) is 2. The van der Waals surface area contributed by atoms with Gasteiger partial charge in [0, 0.05) is 7.11 Å². The topological polar surface area (TPSA) is 97.5 Å². The van der Waals surface area contributed by atoms with Crippen LogP contribution < -0.4 is 0 Å². The molecule has 1 aromatic rings. The van der Waals surface area contributed by atoms with E-state index in [9.17, 15) is 4.79 Å². The molecule has 7 heteroatoms. The standard InChI is InChI=1S/C8H13N3O4/c1-5(15-2)7-6(8(13)14)9-10-11(7)3-4-12/h5,12H,3-4H2,1-2H3,(H,13,14). The number of nitrogens with zero attached hydrogens (tertiary/aromatic N) is 3. The summed E-state index contributed by atoms with van der Waals surface area (Å²) in [6.07, 6.45) is -0.433. The van der Waals surface area contributed by atoms with Crippen LogP contribution in [-0.2, 0) is 11.3 Å². The number of aromatic carboxylic acids is 1. The molecule has 1 rings (SSSR count). The molecule has 0 fully saturated rings. The fourth-order valence-electron chi connectivity index (χ4n) is 1.25. The molecule has 0 amide bonds.